The Morgan fingerprint density at radius 1 is 1.36 bits per heavy atom. The van der Waals surface area contributed by atoms with Crippen LogP contribution >= 0.6 is 24.0 Å². The van der Waals surface area contributed by atoms with Gasteiger partial charge >= 0.3 is 0 Å². The van der Waals surface area contributed by atoms with Crippen LogP contribution in [0, 0.1) is 0 Å². The summed E-state index contributed by atoms with van der Waals surface area (Å²) in [5.74, 6) is -0.0695. The predicted molar refractivity (Wildman–Crippen MR) is 103 cm³/mol. The molecular formula is C18H24Cl2N4O. The van der Waals surface area contributed by atoms with Crippen LogP contribution < -0.4 is 5.32 Å². The van der Waals surface area contributed by atoms with Gasteiger partial charge in [-0.25, -0.2) is 0 Å². The van der Waals surface area contributed by atoms with Crippen molar-refractivity contribution >= 4 is 29.9 Å². The average Bonchev–Trinajstić information content (AvgIpc) is 3.11. The number of nitrogens with zero attached hydrogens (tertiary/aromatic N) is 3. The quantitative estimate of drug-likeness (QED) is 0.876. The zero-order chi connectivity index (χ0) is 17.1. The number of amides is 1. The summed E-state index contributed by atoms with van der Waals surface area (Å²) in [4.78, 5) is 14.4. The van der Waals surface area contributed by atoms with Crippen LogP contribution in [-0.2, 0) is 0 Å². The van der Waals surface area contributed by atoms with E-state index in [1.54, 1.807) is 4.90 Å². The Labute approximate surface area is 159 Å². The van der Waals surface area contributed by atoms with Gasteiger partial charge in [-0.1, -0.05) is 23.7 Å². The first-order valence-electron chi connectivity index (χ1n) is 8.35. The second kappa shape index (κ2) is 8.70. The van der Waals surface area contributed by atoms with Gasteiger partial charge in [-0.2, -0.15) is 5.10 Å². The number of benzene rings is 1. The molecule has 1 aliphatic rings. The van der Waals surface area contributed by atoms with Crippen molar-refractivity contribution in [2.24, 2.45) is 0 Å². The summed E-state index contributed by atoms with van der Waals surface area (Å²) in [5, 5.41) is 8.58. The molecule has 0 saturated carbocycles. The van der Waals surface area contributed by atoms with Crippen LogP contribution in [0.15, 0.2) is 36.5 Å². The largest absolute Gasteiger partial charge is 0.334 e. The van der Waals surface area contributed by atoms with E-state index in [9.17, 15) is 4.79 Å². The molecule has 1 saturated heterocycles. The third-order valence-corrected chi connectivity index (χ3v) is 4.98. The highest BCUT2D eigenvalue weighted by molar-refractivity contribution is 6.30. The number of carbonyl (C=O) groups is 1. The molecule has 0 bridgehead atoms. The molecular weight excluding hydrogens is 359 g/mol. The number of rotatable bonds is 4. The lowest BCUT2D eigenvalue weighted by atomic mass is 10.1. The highest BCUT2D eigenvalue weighted by Gasteiger charge is 2.22. The van der Waals surface area contributed by atoms with Crippen molar-refractivity contribution in [3.05, 3.63) is 52.8 Å². The topological polar surface area (TPSA) is 50.2 Å². The van der Waals surface area contributed by atoms with Crippen molar-refractivity contribution in [2.45, 2.75) is 31.8 Å². The maximum atomic E-state index is 12.7. The van der Waals surface area contributed by atoms with Gasteiger partial charge in [0.15, 0.2) is 0 Å². The van der Waals surface area contributed by atoms with Crippen molar-refractivity contribution in [1.82, 2.24) is 20.0 Å². The van der Waals surface area contributed by atoms with Gasteiger partial charge in [-0.15, -0.1) is 12.4 Å². The van der Waals surface area contributed by atoms with E-state index in [-0.39, 0.29) is 24.4 Å². The lowest BCUT2D eigenvalue weighted by Gasteiger charge is -2.25. The van der Waals surface area contributed by atoms with E-state index in [0.717, 1.165) is 31.5 Å². The van der Waals surface area contributed by atoms with Gasteiger partial charge in [0.2, 0.25) is 0 Å². The maximum absolute atomic E-state index is 12.7. The van der Waals surface area contributed by atoms with Crippen LogP contribution in [0.2, 0.25) is 5.02 Å². The molecule has 2 atom stereocenters. The number of hydrogen-bond acceptors (Lipinski definition) is 3. The van der Waals surface area contributed by atoms with Gasteiger partial charge in [0.05, 0.1) is 12.1 Å². The number of halogens is 2. The first-order valence-corrected chi connectivity index (χ1v) is 8.72. The third kappa shape index (κ3) is 4.54. The highest BCUT2D eigenvalue weighted by atomic mass is 35.5. The summed E-state index contributed by atoms with van der Waals surface area (Å²) in [5.41, 5.74) is 1.54. The van der Waals surface area contributed by atoms with E-state index in [1.807, 2.05) is 55.2 Å². The van der Waals surface area contributed by atoms with E-state index in [1.165, 1.54) is 0 Å². The van der Waals surface area contributed by atoms with Gasteiger partial charge in [0.25, 0.3) is 5.91 Å². The summed E-state index contributed by atoms with van der Waals surface area (Å²) >= 11 is 5.93. The molecule has 1 fully saturated rings. The fraction of sp³-hybridized carbons (Fsp3) is 0.444. The monoisotopic (exact) mass is 382 g/mol. The van der Waals surface area contributed by atoms with Crippen LogP contribution in [0.3, 0.4) is 0 Å². The van der Waals surface area contributed by atoms with Crippen LogP contribution in [0.5, 0.6) is 0 Å². The lowest BCUT2D eigenvalue weighted by molar-refractivity contribution is 0.0735. The second-order valence-corrected chi connectivity index (χ2v) is 6.76. The van der Waals surface area contributed by atoms with Crippen LogP contribution in [-0.4, -0.2) is 40.7 Å². The van der Waals surface area contributed by atoms with Gasteiger partial charge in [0.1, 0.15) is 5.69 Å². The molecule has 0 spiro atoms. The number of piperidine rings is 1. The van der Waals surface area contributed by atoms with Crippen molar-refractivity contribution in [1.29, 1.82) is 0 Å². The third-order valence-electron chi connectivity index (χ3n) is 4.73. The Bertz CT molecular complexity index is 695. The summed E-state index contributed by atoms with van der Waals surface area (Å²) in [7, 11) is 1.81. The van der Waals surface area contributed by atoms with Gasteiger partial charge in [0, 0.05) is 24.8 Å². The molecule has 1 amide bonds. The molecule has 25 heavy (non-hydrogen) atoms. The van der Waals surface area contributed by atoms with Crippen molar-refractivity contribution in [3.63, 3.8) is 0 Å². The first-order chi connectivity index (χ1) is 11.6. The highest BCUT2D eigenvalue weighted by Crippen LogP contribution is 2.23. The lowest BCUT2D eigenvalue weighted by Crippen LogP contribution is -2.33. The molecule has 0 aliphatic carbocycles. The number of nitrogens with one attached hydrogen (secondary N) is 1. The minimum atomic E-state index is -0.0695. The normalized spacial score (nSPS) is 18.3. The molecule has 7 heteroatoms. The summed E-state index contributed by atoms with van der Waals surface area (Å²) in [6.07, 6.45) is 4.15. The summed E-state index contributed by atoms with van der Waals surface area (Å²) in [6, 6.07) is 9.68. The fourth-order valence-electron chi connectivity index (χ4n) is 3.04. The zero-order valence-electron chi connectivity index (χ0n) is 14.5. The standard InChI is InChI=1S/C18H23ClN4O.ClH/c1-13(14-5-7-15(19)8-6-14)22(2)18(24)17-9-11-23(21-17)16-4-3-10-20-12-16;/h5-9,11,13,16,20H,3-4,10,12H2,1-2H3;1H. The minimum absolute atomic E-state index is 0. The Hall–Kier alpha value is -1.56. The number of carbonyl (C=O) groups excluding carboxylic acids is 1. The smallest absolute Gasteiger partial charge is 0.274 e. The van der Waals surface area contributed by atoms with E-state index >= 15 is 0 Å². The molecule has 0 radical (unpaired) electrons. The Morgan fingerprint density at radius 2 is 2.08 bits per heavy atom. The molecule has 1 N–H and O–H groups in total. The van der Waals surface area contributed by atoms with Crippen LogP contribution in [0.1, 0.15) is 47.9 Å². The Kier molecular flexibility index (Phi) is 6.87. The van der Waals surface area contributed by atoms with Crippen molar-refractivity contribution < 1.29 is 4.79 Å². The molecule has 5 nitrogen and oxygen atoms in total. The van der Waals surface area contributed by atoms with E-state index < -0.39 is 0 Å². The molecule has 1 aliphatic heterocycles. The molecule has 136 valence electrons. The summed E-state index contributed by atoms with van der Waals surface area (Å²) < 4.78 is 1.92. The summed E-state index contributed by atoms with van der Waals surface area (Å²) in [6.45, 7) is 3.97. The Morgan fingerprint density at radius 3 is 2.72 bits per heavy atom. The predicted octanol–water partition coefficient (Wildman–Crippen LogP) is 3.72. The first kappa shape index (κ1) is 19.8. The van der Waals surface area contributed by atoms with E-state index in [0.29, 0.717) is 16.8 Å². The fourth-order valence-corrected chi connectivity index (χ4v) is 3.16. The molecule has 1 aromatic carbocycles. The van der Waals surface area contributed by atoms with Crippen LogP contribution in [0.25, 0.3) is 0 Å². The average molecular weight is 383 g/mol. The van der Waals surface area contributed by atoms with Gasteiger partial charge in [-0.05, 0) is 50.1 Å². The zero-order valence-corrected chi connectivity index (χ0v) is 16.1. The van der Waals surface area contributed by atoms with Gasteiger partial charge < -0.3 is 10.2 Å². The van der Waals surface area contributed by atoms with Crippen molar-refractivity contribution in [3.8, 4) is 0 Å². The Balaban J connectivity index is 0.00000225. The SMILES string of the molecule is CC(c1ccc(Cl)cc1)N(C)C(=O)c1ccn(C2CCCNC2)n1.Cl. The molecule has 2 unspecified atom stereocenters. The second-order valence-electron chi connectivity index (χ2n) is 6.32. The van der Waals surface area contributed by atoms with E-state index in [2.05, 4.69) is 10.4 Å². The number of aromatic nitrogens is 2. The minimum Gasteiger partial charge on any atom is -0.334 e. The van der Waals surface area contributed by atoms with Crippen molar-refractivity contribution in [2.75, 3.05) is 20.1 Å². The van der Waals surface area contributed by atoms with Crippen LogP contribution in [0.4, 0.5) is 0 Å². The van der Waals surface area contributed by atoms with E-state index in [4.69, 9.17) is 11.6 Å². The molecule has 1 aromatic heterocycles. The molecule has 3 rings (SSSR count). The van der Waals surface area contributed by atoms with Gasteiger partial charge in [-0.3, -0.25) is 9.48 Å². The molecule has 2 aromatic rings. The molecule has 2 heterocycles. The maximum Gasteiger partial charge on any atom is 0.274 e. The number of hydrogen-bond donors (Lipinski definition) is 1.